The van der Waals surface area contributed by atoms with E-state index in [1.165, 1.54) is 23.1 Å². The van der Waals surface area contributed by atoms with Crippen LogP contribution in [0.3, 0.4) is 0 Å². The van der Waals surface area contributed by atoms with Crippen LogP contribution in [-0.4, -0.2) is 16.6 Å². The molecule has 0 saturated heterocycles. The van der Waals surface area contributed by atoms with Crippen molar-refractivity contribution in [3.8, 4) is 0 Å². The van der Waals surface area contributed by atoms with Gasteiger partial charge in [-0.25, -0.2) is 4.98 Å². The molecule has 19 heavy (non-hydrogen) atoms. The number of carbonyl (C=O) groups is 1. The molecule has 0 atom stereocenters. The number of thioether (sulfide) groups is 1. The van der Waals surface area contributed by atoms with Crippen LogP contribution in [0.2, 0.25) is 0 Å². The van der Waals surface area contributed by atoms with Crippen molar-refractivity contribution < 1.29 is 4.79 Å². The van der Waals surface area contributed by atoms with Crippen molar-refractivity contribution in [3.05, 3.63) is 34.4 Å². The van der Waals surface area contributed by atoms with E-state index in [1.807, 2.05) is 25.1 Å². The Balaban J connectivity index is 1.90. The molecule has 1 aromatic carbocycles. The number of nitrogens with zero attached hydrogens (tertiary/aromatic N) is 1. The van der Waals surface area contributed by atoms with E-state index in [9.17, 15) is 4.79 Å². The number of aromatic nitrogens is 1. The first-order chi connectivity index (χ1) is 9.04. The minimum Gasteiger partial charge on any atom is -0.375 e. The molecule has 0 aliphatic heterocycles. The average Bonchev–Trinajstić information content (AvgIpc) is 2.76. The van der Waals surface area contributed by atoms with E-state index in [4.69, 9.17) is 5.73 Å². The number of benzene rings is 1. The standard InChI is InChI=1S/C12H12BrN3OS2/c1-7-2-3-9(8(13)4-7)16-10(17)6-18-11-5-15-12(14)19-11/h2-5H,6H2,1H3,(H2,14,15)(H,16,17). The van der Waals surface area contributed by atoms with Gasteiger partial charge < -0.3 is 11.1 Å². The fraction of sp³-hybridized carbons (Fsp3) is 0.167. The van der Waals surface area contributed by atoms with Crippen LogP contribution in [0.1, 0.15) is 5.56 Å². The summed E-state index contributed by atoms with van der Waals surface area (Å²) >= 11 is 6.24. The second-order valence-electron chi connectivity index (χ2n) is 3.84. The van der Waals surface area contributed by atoms with Crippen molar-refractivity contribution in [1.29, 1.82) is 0 Å². The van der Waals surface area contributed by atoms with Crippen molar-refractivity contribution in [3.63, 3.8) is 0 Å². The van der Waals surface area contributed by atoms with Gasteiger partial charge in [-0.1, -0.05) is 17.4 Å². The molecule has 0 aliphatic rings. The van der Waals surface area contributed by atoms with Gasteiger partial charge >= 0.3 is 0 Å². The van der Waals surface area contributed by atoms with E-state index in [1.54, 1.807) is 6.20 Å². The van der Waals surface area contributed by atoms with Crippen LogP contribution in [0.15, 0.2) is 33.1 Å². The van der Waals surface area contributed by atoms with Gasteiger partial charge in [0.1, 0.15) is 0 Å². The monoisotopic (exact) mass is 357 g/mol. The Labute approximate surface area is 127 Å². The van der Waals surface area contributed by atoms with Crippen molar-refractivity contribution >= 4 is 55.8 Å². The predicted octanol–water partition coefficient (Wildman–Crippen LogP) is 3.53. The van der Waals surface area contributed by atoms with Gasteiger partial charge in [-0.15, -0.1) is 11.8 Å². The Bertz CT molecular complexity index is 600. The first-order valence-electron chi connectivity index (χ1n) is 5.44. The van der Waals surface area contributed by atoms with Crippen LogP contribution in [-0.2, 0) is 4.79 Å². The van der Waals surface area contributed by atoms with Crippen LogP contribution in [0.5, 0.6) is 0 Å². The molecule has 2 aromatic rings. The fourth-order valence-electron chi connectivity index (χ4n) is 1.38. The van der Waals surface area contributed by atoms with Gasteiger partial charge in [0, 0.05) is 4.47 Å². The van der Waals surface area contributed by atoms with E-state index in [0.29, 0.717) is 10.9 Å². The smallest absolute Gasteiger partial charge is 0.234 e. The molecule has 4 nitrogen and oxygen atoms in total. The molecular weight excluding hydrogens is 346 g/mol. The second-order valence-corrected chi connectivity index (χ2v) is 7.03. The average molecular weight is 358 g/mol. The van der Waals surface area contributed by atoms with Gasteiger partial charge in [-0.3, -0.25) is 4.79 Å². The highest BCUT2D eigenvalue weighted by Gasteiger charge is 2.08. The van der Waals surface area contributed by atoms with Crippen molar-refractivity contribution in [1.82, 2.24) is 4.98 Å². The predicted molar refractivity (Wildman–Crippen MR) is 84.8 cm³/mol. The molecule has 0 fully saturated rings. The van der Waals surface area contributed by atoms with Gasteiger partial charge in [0.15, 0.2) is 5.13 Å². The summed E-state index contributed by atoms with van der Waals surface area (Å²) in [4.78, 5) is 15.8. The molecule has 0 bridgehead atoms. The molecule has 1 heterocycles. The number of hydrogen-bond donors (Lipinski definition) is 2. The summed E-state index contributed by atoms with van der Waals surface area (Å²) in [6, 6.07) is 5.80. The minimum absolute atomic E-state index is 0.0541. The second kappa shape index (κ2) is 6.40. The maximum Gasteiger partial charge on any atom is 0.234 e. The molecule has 0 radical (unpaired) electrons. The lowest BCUT2D eigenvalue weighted by molar-refractivity contribution is -0.113. The van der Waals surface area contributed by atoms with Crippen molar-refractivity contribution in [2.75, 3.05) is 16.8 Å². The Morgan fingerprint density at radius 2 is 2.37 bits per heavy atom. The van der Waals surface area contributed by atoms with E-state index in [-0.39, 0.29) is 5.91 Å². The minimum atomic E-state index is -0.0541. The zero-order valence-electron chi connectivity index (χ0n) is 10.1. The maximum atomic E-state index is 11.8. The number of amides is 1. The summed E-state index contributed by atoms with van der Waals surface area (Å²) in [7, 11) is 0. The highest BCUT2D eigenvalue weighted by Crippen LogP contribution is 2.27. The Hall–Kier alpha value is -1.05. The van der Waals surface area contributed by atoms with E-state index in [2.05, 4.69) is 26.2 Å². The van der Waals surface area contributed by atoms with Gasteiger partial charge in [-0.05, 0) is 40.5 Å². The topological polar surface area (TPSA) is 68.0 Å². The summed E-state index contributed by atoms with van der Waals surface area (Å²) in [6.07, 6.45) is 1.68. The van der Waals surface area contributed by atoms with E-state index in [0.717, 1.165) is 19.9 Å². The largest absolute Gasteiger partial charge is 0.375 e. The number of anilines is 2. The number of halogens is 1. The van der Waals surface area contributed by atoms with E-state index >= 15 is 0 Å². The number of carbonyl (C=O) groups excluding carboxylic acids is 1. The third-order valence-corrected chi connectivity index (χ3v) is 4.92. The van der Waals surface area contributed by atoms with Crippen LogP contribution in [0.25, 0.3) is 0 Å². The van der Waals surface area contributed by atoms with Gasteiger partial charge in [0.05, 0.1) is 21.8 Å². The molecule has 1 amide bonds. The SMILES string of the molecule is Cc1ccc(NC(=O)CSc2cnc(N)s2)c(Br)c1. The normalized spacial score (nSPS) is 10.4. The van der Waals surface area contributed by atoms with Crippen LogP contribution in [0.4, 0.5) is 10.8 Å². The molecule has 2 rings (SSSR count). The van der Waals surface area contributed by atoms with Crippen molar-refractivity contribution in [2.45, 2.75) is 11.1 Å². The van der Waals surface area contributed by atoms with Crippen molar-refractivity contribution in [2.24, 2.45) is 0 Å². The van der Waals surface area contributed by atoms with Gasteiger partial charge in [0.25, 0.3) is 0 Å². The van der Waals surface area contributed by atoms with Crippen LogP contribution in [0, 0.1) is 6.92 Å². The maximum absolute atomic E-state index is 11.8. The van der Waals surface area contributed by atoms with Crippen LogP contribution < -0.4 is 11.1 Å². The first kappa shape index (κ1) is 14.4. The lowest BCUT2D eigenvalue weighted by Crippen LogP contribution is -2.14. The molecule has 1 aromatic heterocycles. The Morgan fingerprint density at radius 1 is 1.58 bits per heavy atom. The first-order valence-corrected chi connectivity index (χ1v) is 8.04. The molecular formula is C12H12BrN3OS2. The number of nitrogen functional groups attached to an aromatic ring is 1. The Kier molecular flexibility index (Phi) is 4.84. The molecule has 100 valence electrons. The number of nitrogens with two attached hydrogens (primary N) is 1. The number of hydrogen-bond acceptors (Lipinski definition) is 5. The summed E-state index contributed by atoms with van der Waals surface area (Å²) in [5, 5.41) is 3.38. The quantitative estimate of drug-likeness (QED) is 0.821. The summed E-state index contributed by atoms with van der Waals surface area (Å²) in [5.41, 5.74) is 7.45. The zero-order valence-corrected chi connectivity index (χ0v) is 13.4. The van der Waals surface area contributed by atoms with E-state index < -0.39 is 0 Å². The summed E-state index contributed by atoms with van der Waals surface area (Å²) in [5.74, 6) is 0.281. The highest BCUT2D eigenvalue weighted by atomic mass is 79.9. The molecule has 0 unspecified atom stereocenters. The molecule has 0 spiro atoms. The third kappa shape index (κ3) is 4.22. The number of nitrogens with one attached hydrogen (secondary N) is 1. The summed E-state index contributed by atoms with van der Waals surface area (Å²) in [6.45, 7) is 2.00. The molecule has 0 aliphatic carbocycles. The lowest BCUT2D eigenvalue weighted by atomic mass is 10.2. The number of thiazole rings is 1. The lowest BCUT2D eigenvalue weighted by Gasteiger charge is -2.07. The molecule has 7 heteroatoms. The summed E-state index contributed by atoms with van der Waals surface area (Å²) < 4.78 is 1.82. The highest BCUT2D eigenvalue weighted by molar-refractivity contribution is 9.10. The zero-order chi connectivity index (χ0) is 13.8. The molecule has 0 saturated carbocycles. The number of aryl methyl sites for hydroxylation is 1. The molecule has 3 N–H and O–H groups in total. The van der Waals surface area contributed by atoms with Crippen LogP contribution >= 0.6 is 39.0 Å². The fourth-order valence-corrected chi connectivity index (χ4v) is 3.53. The third-order valence-electron chi connectivity index (χ3n) is 2.25. The Morgan fingerprint density at radius 3 is 3.00 bits per heavy atom. The van der Waals surface area contributed by atoms with Gasteiger partial charge in [0.2, 0.25) is 5.91 Å². The van der Waals surface area contributed by atoms with Gasteiger partial charge in [-0.2, -0.15) is 0 Å². The number of rotatable bonds is 4.